The molecule has 1 fully saturated rings. The van der Waals surface area contributed by atoms with Gasteiger partial charge in [0.15, 0.2) is 5.13 Å². The Morgan fingerprint density at radius 2 is 1.83 bits per heavy atom. The summed E-state index contributed by atoms with van der Waals surface area (Å²) in [5.41, 5.74) is 2.25. The second-order valence-corrected chi connectivity index (χ2v) is 4.82. The molecule has 0 N–H and O–H groups in total. The number of benzene rings is 1. The summed E-state index contributed by atoms with van der Waals surface area (Å²) in [5, 5.41) is 3.23. The molecule has 1 aromatic carbocycles. The van der Waals surface area contributed by atoms with Crippen molar-refractivity contribution in [3.05, 3.63) is 35.7 Å². The largest absolute Gasteiger partial charge is 0.378 e. The van der Waals surface area contributed by atoms with Gasteiger partial charge >= 0.3 is 0 Å². The monoisotopic (exact) mass is 282 g/mol. The first kappa shape index (κ1) is 13.3. The molecule has 0 bridgehead atoms. The Hall–Kier alpha value is -1.10. The fraction of sp³-hybridized carbons (Fsp3) is 0.308. The van der Waals surface area contributed by atoms with Crippen molar-refractivity contribution in [2.45, 2.75) is 0 Å². The summed E-state index contributed by atoms with van der Waals surface area (Å²) in [6.07, 6.45) is 0. The van der Waals surface area contributed by atoms with Crippen LogP contribution in [0.15, 0.2) is 35.7 Å². The highest BCUT2D eigenvalue weighted by Gasteiger charge is 2.14. The van der Waals surface area contributed by atoms with E-state index in [9.17, 15) is 0 Å². The van der Waals surface area contributed by atoms with Gasteiger partial charge < -0.3 is 9.64 Å². The molecule has 3 nitrogen and oxygen atoms in total. The molecule has 0 saturated carbocycles. The third-order valence-electron chi connectivity index (χ3n) is 2.84. The van der Waals surface area contributed by atoms with E-state index in [1.807, 2.05) is 18.2 Å². The van der Waals surface area contributed by atoms with E-state index >= 15 is 0 Å². The highest BCUT2D eigenvalue weighted by atomic mass is 35.5. The average molecular weight is 283 g/mol. The fourth-order valence-electron chi connectivity index (χ4n) is 1.91. The van der Waals surface area contributed by atoms with Crippen LogP contribution in [0.3, 0.4) is 0 Å². The van der Waals surface area contributed by atoms with Gasteiger partial charge in [-0.2, -0.15) is 0 Å². The lowest BCUT2D eigenvalue weighted by molar-refractivity contribution is 0.122. The smallest absolute Gasteiger partial charge is 0.186 e. The molecule has 0 unspecified atom stereocenters. The minimum Gasteiger partial charge on any atom is -0.378 e. The molecule has 96 valence electrons. The quantitative estimate of drug-likeness (QED) is 0.846. The Morgan fingerprint density at radius 3 is 2.56 bits per heavy atom. The number of thiazole rings is 1. The predicted octanol–water partition coefficient (Wildman–Crippen LogP) is 3.07. The van der Waals surface area contributed by atoms with Gasteiger partial charge in [-0.15, -0.1) is 23.7 Å². The summed E-state index contributed by atoms with van der Waals surface area (Å²) in [6.45, 7) is 3.50. The summed E-state index contributed by atoms with van der Waals surface area (Å²) in [4.78, 5) is 6.99. The zero-order chi connectivity index (χ0) is 11.5. The van der Waals surface area contributed by atoms with Gasteiger partial charge in [0.2, 0.25) is 0 Å². The van der Waals surface area contributed by atoms with Gasteiger partial charge in [-0.1, -0.05) is 30.3 Å². The second kappa shape index (κ2) is 6.18. The summed E-state index contributed by atoms with van der Waals surface area (Å²) in [6, 6.07) is 10.3. The number of aromatic nitrogens is 1. The van der Waals surface area contributed by atoms with Crippen LogP contribution in [0.5, 0.6) is 0 Å². The average Bonchev–Trinajstić information content (AvgIpc) is 2.90. The number of nitrogens with zero attached hydrogens (tertiary/aromatic N) is 2. The van der Waals surface area contributed by atoms with Crippen molar-refractivity contribution in [2.24, 2.45) is 0 Å². The summed E-state index contributed by atoms with van der Waals surface area (Å²) in [5.74, 6) is 0. The lowest BCUT2D eigenvalue weighted by atomic mass is 10.2. The summed E-state index contributed by atoms with van der Waals surface area (Å²) in [7, 11) is 0. The van der Waals surface area contributed by atoms with E-state index in [1.165, 1.54) is 5.56 Å². The highest BCUT2D eigenvalue weighted by molar-refractivity contribution is 7.14. The summed E-state index contributed by atoms with van der Waals surface area (Å²) >= 11 is 1.71. The van der Waals surface area contributed by atoms with Crippen LogP contribution in [0.4, 0.5) is 5.13 Å². The van der Waals surface area contributed by atoms with Gasteiger partial charge in [-0.05, 0) is 0 Å². The van der Waals surface area contributed by atoms with Crippen LogP contribution in [0.1, 0.15) is 0 Å². The molecule has 2 heterocycles. The maximum Gasteiger partial charge on any atom is 0.186 e. The SMILES string of the molecule is Cl.c1ccc(-c2csc(N3CCOCC3)n2)cc1. The van der Waals surface area contributed by atoms with Crippen LogP contribution >= 0.6 is 23.7 Å². The highest BCUT2D eigenvalue weighted by Crippen LogP contribution is 2.27. The number of morpholine rings is 1. The summed E-state index contributed by atoms with van der Waals surface area (Å²) < 4.78 is 5.35. The molecule has 0 atom stereocenters. The Kier molecular flexibility index (Phi) is 4.58. The van der Waals surface area contributed by atoms with E-state index in [0.29, 0.717) is 0 Å². The Balaban J connectivity index is 0.00000120. The maximum atomic E-state index is 5.35. The van der Waals surface area contributed by atoms with Gasteiger partial charge in [0.05, 0.1) is 18.9 Å². The van der Waals surface area contributed by atoms with Crippen molar-refractivity contribution in [3.8, 4) is 11.3 Å². The predicted molar refractivity (Wildman–Crippen MR) is 77.8 cm³/mol. The molecule has 1 saturated heterocycles. The van der Waals surface area contributed by atoms with Crippen LogP contribution < -0.4 is 4.90 Å². The lowest BCUT2D eigenvalue weighted by Crippen LogP contribution is -2.36. The van der Waals surface area contributed by atoms with Crippen LogP contribution in [0.2, 0.25) is 0 Å². The van der Waals surface area contributed by atoms with E-state index < -0.39 is 0 Å². The van der Waals surface area contributed by atoms with E-state index in [-0.39, 0.29) is 12.4 Å². The first-order chi connectivity index (χ1) is 8.43. The van der Waals surface area contributed by atoms with Gasteiger partial charge in [-0.3, -0.25) is 0 Å². The molecule has 1 aliphatic rings. The molecular weight excluding hydrogens is 268 g/mol. The molecule has 1 aromatic heterocycles. The van der Waals surface area contributed by atoms with Gasteiger partial charge in [-0.25, -0.2) is 4.98 Å². The molecule has 5 heteroatoms. The third kappa shape index (κ3) is 2.83. The van der Waals surface area contributed by atoms with Gasteiger partial charge in [0.1, 0.15) is 0 Å². The first-order valence-corrected chi connectivity index (χ1v) is 6.65. The number of anilines is 1. The molecule has 0 spiro atoms. The van der Waals surface area contributed by atoms with Crippen molar-refractivity contribution in [1.29, 1.82) is 0 Å². The molecule has 1 aliphatic heterocycles. The molecule has 0 aliphatic carbocycles. The minimum atomic E-state index is 0. The van der Waals surface area contributed by atoms with Crippen molar-refractivity contribution in [3.63, 3.8) is 0 Å². The standard InChI is InChI=1S/C13H14N2OS.ClH/c1-2-4-11(5-3-1)12-10-17-13(14-12)15-6-8-16-9-7-15;/h1-5,10H,6-9H2;1H. The minimum absolute atomic E-state index is 0. The van der Waals surface area contributed by atoms with Gasteiger partial charge in [0.25, 0.3) is 0 Å². The number of hydrogen-bond acceptors (Lipinski definition) is 4. The van der Waals surface area contributed by atoms with E-state index in [4.69, 9.17) is 9.72 Å². The molecule has 3 rings (SSSR count). The normalized spacial score (nSPS) is 15.2. The van der Waals surface area contributed by atoms with Gasteiger partial charge in [0, 0.05) is 24.0 Å². The van der Waals surface area contributed by atoms with E-state index in [1.54, 1.807) is 11.3 Å². The van der Waals surface area contributed by atoms with E-state index in [2.05, 4.69) is 22.4 Å². The first-order valence-electron chi connectivity index (χ1n) is 5.77. The van der Waals surface area contributed by atoms with Crippen molar-refractivity contribution < 1.29 is 4.74 Å². The number of rotatable bonds is 2. The van der Waals surface area contributed by atoms with Crippen LogP contribution in [-0.2, 0) is 4.74 Å². The number of ether oxygens (including phenoxy) is 1. The fourth-order valence-corrected chi connectivity index (χ4v) is 2.79. The van der Waals surface area contributed by atoms with Crippen LogP contribution in [0.25, 0.3) is 11.3 Å². The lowest BCUT2D eigenvalue weighted by Gasteiger charge is -2.26. The molecular formula is C13H15ClN2OS. The zero-order valence-corrected chi connectivity index (χ0v) is 11.5. The Bertz CT molecular complexity index is 483. The van der Waals surface area contributed by atoms with E-state index in [0.717, 1.165) is 37.1 Å². The number of halogens is 1. The molecule has 2 aromatic rings. The van der Waals surface area contributed by atoms with Crippen LogP contribution in [0, 0.1) is 0 Å². The van der Waals surface area contributed by atoms with Crippen molar-refractivity contribution >= 4 is 28.9 Å². The van der Waals surface area contributed by atoms with Crippen molar-refractivity contribution in [1.82, 2.24) is 4.98 Å². The van der Waals surface area contributed by atoms with Crippen LogP contribution in [-0.4, -0.2) is 31.3 Å². The third-order valence-corrected chi connectivity index (χ3v) is 3.74. The van der Waals surface area contributed by atoms with Crippen molar-refractivity contribution in [2.75, 3.05) is 31.2 Å². The molecule has 0 radical (unpaired) electrons. The second-order valence-electron chi connectivity index (χ2n) is 3.98. The molecule has 18 heavy (non-hydrogen) atoms. The zero-order valence-electron chi connectivity index (χ0n) is 9.91. The topological polar surface area (TPSA) is 25.4 Å². The Morgan fingerprint density at radius 1 is 1.11 bits per heavy atom. The maximum absolute atomic E-state index is 5.35. The number of hydrogen-bond donors (Lipinski definition) is 0. The molecule has 0 amide bonds. The Labute approximate surface area is 117 Å².